The highest BCUT2D eigenvalue weighted by Gasteiger charge is 2.20. The predicted molar refractivity (Wildman–Crippen MR) is 71.2 cm³/mol. The van der Waals surface area contributed by atoms with Crippen LogP contribution in [-0.2, 0) is 16.1 Å². The molecule has 0 aliphatic carbocycles. The van der Waals surface area contributed by atoms with Gasteiger partial charge in [0.2, 0.25) is 0 Å². The average molecular weight is 276 g/mol. The zero-order valence-electron chi connectivity index (χ0n) is 10.3. The Hall–Kier alpha value is -2.14. The van der Waals surface area contributed by atoms with Crippen LogP contribution in [-0.4, -0.2) is 19.0 Å². The van der Waals surface area contributed by atoms with Crippen molar-refractivity contribution in [3.05, 3.63) is 57.8 Å². The van der Waals surface area contributed by atoms with Gasteiger partial charge in [-0.25, -0.2) is 9.59 Å². The molecule has 1 aromatic carbocycles. The Morgan fingerprint density at radius 3 is 2.53 bits per heavy atom. The lowest BCUT2D eigenvalue weighted by Crippen LogP contribution is -2.10. The molecule has 4 nitrogen and oxygen atoms in total. The number of carbonyl (C=O) groups excluding carboxylic acids is 2. The van der Waals surface area contributed by atoms with E-state index in [2.05, 4.69) is 4.74 Å². The Balaban J connectivity index is 2.05. The zero-order valence-corrected chi connectivity index (χ0v) is 11.1. The second-order valence-corrected chi connectivity index (χ2v) is 4.63. The van der Waals surface area contributed by atoms with Crippen LogP contribution in [0.1, 0.15) is 25.6 Å². The third-order valence-corrected chi connectivity index (χ3v) is 3.36. The molecule has 0 radical (unpaired) electrons. The van der Waals surface area contributed by atoms with E-state index >= 15 is 0 Å². The molecule has 1 heterocycles. The molecule has 0 fully saturated rings. The highest BCUT2D eigenvalue weighted by Crippen LogP contribution is 2.19. The highest BCUT2D eigenvalue weighted by molar-refractivity contribution is 7.12. The number of hydrogen-bond donors (Lipinski definition) is 0. The summed E-state index contributed by atoms with van der Waals surface area (Å²) in [6.45, 7) is 0.177. The fraction of sp³-hybridized carbons (Fsp3) is 0.143. The van der Waals surface area contributed by atoms with Crippen molar-refractivity contribution in [2.45, 2.75) is 6.61 Å². The molecular formula is C14H12O4S. The van der Waals surface area contributed by atoms with Gasteiger partial charge in [0.05, 0.1) is 12.7 Å². The van der Waals surface area contributed by atoms with Crippen molar-refractivity contribution in [1.82, 2.24) is 0 Å². The summed E-state index contributed by atoms with van der Waals surface area (Å²) in [5, 5.41) is 1.66. The van der Waals surface area contributed by atoms with E-state index in [0.29, 0.717) is 0 Å². The molecule has 5 heteroatoms. The molecular weight excluding hydrogens is 264 g/mol. The van der Waals surface area contributed by atoms with Crippen molar-refractivity contribution in [2.24, 2.45) is 0 Å². The zero-order chi connectivity index (χ0) is 13.7. The van der Waals surface area contributed by atoms with Gasteiger partial charge in [0.1, 0.15) is 11.5 Å². The molecule has 0 atom stereocenters. The maximum atomic E-state index is 11.9. The first-order valence-corrected chi connectivity index (χ1v) is 6.47. The number of thiophene rings is 1. The molecule has 1 aromatic heterocycles. The van der Waals surface area contributed by atoms with Gasteiger partial charge in [-0.2, -0.15) is 0 Å². The molecule has 0 aliphatic rings. The third kappa shape index (κ3) is 3.20. The molecule has 0 N–H and O–H groups in total. The van der Waals surface area contributed by atoms with E-state index in [4.69, 9.17) is 4.74 Å². The number of methoxy groups -OCH3 is 1. The lowest BCUT2D eigenvalue weighted by molar-refractivity contribution is 0.0460. The summed E-state index contributed by atoms with van der Waals surface area (Å²) in [6, 6.07) is 10.9. The van der Waals surface area contributed by atoms with Gasteiger partial charge in [-0.1, -0.05) is 30.3 Å². The lowest BCUT2D eigenvalue weighted by atomic mass is 10.2. The minimum absolute atomic E-state index is 0.177. The summed E-state index contributed by atoms with van der Waals surface area (Å²) in [7, 11) is 1.28. The second-order valence-electron chi connectivity index (χ2n) is 3.72. The molecule has 2 rings (SSSR count). The van der Waals surface area contributed by atoms with Crippen molar-refractivity contribution >= 4 is 23.3 Å². The number of benzene rings is 1. The number of hydrogen-bond acceptors (Lipinski definition) is 5. The Kier molecular flexibility index (Phi) is 4.30. The van der Waals surface area contributed by atoms with E-state index in [1.165, 1.54) is 7.11 Å². The maximum Gasteiger partial charge on any atom is 0.348 e. The molecule has 0 saturated heterocycles. The van der Waals surface area contributed by atoms with Crippen molar-refractivity contribution in [3.8, 4) is 0 Å². The van der Waals surface area contributed by atoms with Crippen LogP contribution < -0.4 is 0 Å². The summed E-state index contributed by atoms with van der Waals surface area (Å²) in [5.74, 6) is -1.05. The van der Waals surface area contributed by atoms with Crippen molar-refractivity contribution < 1.29 is 19.1 Å². The van der Waals surface area contributed by atoms with Gasteiger partial charge >= 0.3 is 11.9 Å². The first-order chi connectivity index (χ1) is 9.22. The normalized spacial score (nSPS) is 9.95. The van der Waals surface area contributed by atoms with E-state index < -0.39 is 11.9 Å². The van der Waals surface area contributed by atoms with Gasteiger partial charge in [-0.05, 0) is 17.0 Å². The van der Waals surface area contributed by atoms with E-state index in [-0.39, 0.29) is 17.0 Å². The minimum Gasteiger partial charge on any atom is -0.465 e. The van der Waals surface area contributed by atoms with Crippen LogP contribution in [0.3, 0.4) is 0 Å². The Morgan fingerprint density at radius 2 is 1.84 bits per heavy atom. The Morgan fingerprint density at radius 1 is 1.11 bits per heavy atom. The van der Waals surface area contributed by atoms with Crippen LogP contribution in [0.15, 0.2) is 41.8 Å². The molecule has 0 spiro atoms. The van der Waals surface area contributed by atoms with Crippen LogP contribution >= 0.6 is 11.3 Å². The molecule has 0 aliphatic heterocycles. The smallest absolute Gasteiger partial charge is 0.348 e. The molecule has 2 aromatic rings. The molecule has 0 saturated carbocycles. The predicted octanol–water partition coefficient (Wildman–Crippen LogP) is 2.89. The van der Waals surface area contributed by atoms with Crippen molar-refractivity contribution in [3.63, 3.8) is 0 Å². The Bertz CT molecular complexity index is 574. The largest absolute Gasteiger partial charge is 0.465 e. The minimum atomic E-state index is -0.526. The quantitative estimate of drug-likeness (QED) is 0.806. The van der Waals surface area contributed by atoms with E-state index in [1.54, 1.807) is 11.4 Å². The molecule has 0 amide bonds. The van der Waals surface area contributed by atoms with Crippen molar-refractivity contribution in [1.29, 1.82) is 0 Å². The SMILES string of the molecule is COC(=O)c1sccc1C(=O)OCc1ccccc1. The fourth-order valence-electron chi connectivity index (χ4n) is 1.52. The Labute approximate surface area is 114 Å². The fourth-order valence-corrected chi connectivity index (χ4v) is 2.32. The maximum absolute atomic E-state index is 11.9. The monoisotopic (exact) mass is 276 g/mol. The summed E-state index contributed by atoms with van der Waals surface area (Å²) in [6.07, 6.45) is 0. The highest BCUT2D eigenvalue weighted by atomic mass is 32.1. The number of carbonyl (C=O) groups is 2. The molecule has 0 bridgehead atoms. The first-order valence-electron chi connectivity index (χ1n) is 5.59. The topological polar surface area (TPSA) is 52.6 Å². The van der Waals surface area contributed by atoms with Crippen LogP contribution in [0.5, 0.6) is 0 Å². The van der Waals surface area contributed by atoms with Gasteiger partial charge in [-0.3, -0.25) is 0 Å². The second kappa shape index (κ2) is 6.15. The third-order valence-electron chi connectivity index (χ3n) is 2.47. The molecule has 19 heavy (non-hydrogen) atoms. The first kappa shape index (κ1) is 13.3. The summed E-state index contributed by atoms with van der Waals surface area (Å²) in [5.41, 5.74) is 1.14. The summed E-state index contributed by atoms with van der Waals surface area (Å²) >= 11 is 1.16. The lowest BCUT2D eigenvalue weighted by Gasteiger charge is -2.05. The van der Waals surface area contributed by atoms with Crippen LogP contribution in [0, 0.1) is 0 Å². The average Bonchev–Trinajstić information content (AvgIpc) is 2.94. The molecule has 0 unspecified atom stereocenters. The number of esters is 2. The summed E-state index contributed by atoms with van der Waals surface area (Å²) in [4.78, 5) is 23.6. The van der Waals surface area contributed by atoms with Gasteiger partial charge in [0.15, 0.2) is 0 Å². The number of ether oxygens (including phenoxy) is 2. The van der Waals surface area contributed by atoms with Gasteiger partial charge < -0.3 is 9.47 Å². The summed E-state index contributed by atoms with van der Waals surface area (Å²) < 4.78 is 9.78. The van der Waals surface area contributed by atoms with Crippen LogP contribution in [0.2, 0.25) is 0 Å². The van der Waals surface area contributed by atoms with E-state index in [0.717, 1.165) is 16.9 Å². The standard InChI is InChI=1S/C14H12O4S/c1-17-14(16)12-11(7-8-19-12)13(15)18-9-10-5-3-2-4-6-10/h2-8H,9H2,1H3. The van der Waals surface area contributed by atoms with E-state index in [9.17, 15) is 9.59 Å². The van der Waals surface area contributed by atoms with Gasteiger partial charge in [0, 0.05) is 0 Å². The number of rotatable bonds is 4. The van der Waals surface area contributed by atoms with Crippen LogP contribution in [0.25, 0.3) is 0 Å². The van der Waals surface area contributed by atoms with Gasteiger partial charge in [0.25, 0.3) is 0 Å². The van der Waals surface area contributed by atoms with Crippen molar-refractivity contribution in [2.75, 3.05) is 7.11 Å². The van der Waals surface area contributed by atoms with Crippen LogP contribution in [0.4, 0.5) is 0 Å². The van der Waals surface area contributed by atoms with E-state index in [1.807, 2.05) is 30.3 Å². The molecule has 98 valence electrons. The van der Waals surface area contributed by atoms with Gasteiger partial charge in [-0.15, -0.1) is 11.3 Å².